The normalized spacial score (nSPS) is 30.9. The molecule has 0 aromatic heterocycles. The summed E-state index contributed by atoms with van der Waals surface area (Å²) in [5.41, 5.74) is 2.17. The molecule has 0 radical (unpaired) electrons. The van der Waals surface area contributed by atoms with Gasteiger partial charge in [0.25, 0.3) is 0 Å². The Morgan fingerprint density at radius 1 is 0.857 bits per heavy atom. The van der Waals surface area contributed by atoms with Crippen LogP contribution in [0.5, 0.6) is 0 Å². The summed E-state index contributed by atoms with van der Waals surface area (Å²) in [4.78, 5) is 25.7. The van der Waals surface area contributed by atoms with Gasteiger partial charge in [-0.25, -0.2) is 19.6 Å². The van der Waals surface area contributed by atoms with Crippen molar-refractivity contribution in [3.05, 3.63) is 11.1 Å². The van der Waals surface area contributed by atoms with Crippen molar-refractivity contribution < 1.29 is 23.8 Å². The van der Waals surface area contributed by atoms with Crippen LogP contribution in [0.15, 0.2) is 11.1 Å². The lowest BCUT2D eigenvalue weighted by Gasteiger charge is -2.50. The van der Waals surface area contributed by atoms with Gasteiger partial charge in [-0.05, 0) is 30.4 Å². The van der Waals surface area contributed by atoms with Crippen LogP contribution in [0.1, 0.15) is 19.3 Å². The Balaban J connectivity index is 1.61. The van der Waals surface area contributed by atoms with Crippen LogP contribution < -0.4 is 0 Å². The van der Waals surface area contributed by atoms with Gasteiger partial charge in [-0.15, -0.1) is 0 Å². The molecule has 156 valence electrons. The van der Waals surface area contributed by atoms with Crippen LogP contribution in [-0.4, -0.2) is 67.3 Å². The summed E-state index contributed by atoms with van der Waals surface area (Å²) < 4.78 is 12.4. The number of carbonyl (C=O) groups excluding carboxylic acids is 2. The van der Waals surface area contributed by atoms with Crippen molar-refractivity contribution in [1.82, 2.24) is 10.0 Å². The number of amides is 2. The van der Waals surface area contributed by atoms with Gasteiger partial charge in [0.05, 0.1) is 0 Å². The number of carbonyl (C=O) groups is 2. The summed E-state index contributed by atoms with van der Waals surface area (Å²) in [7, 11) is 0. The summed E-state index contributed by atoms with van der Waals surface area (Å²) >= 11 is 34.0. The van der Waals surface area contributed by atoms with Crippen molar-refractivity contribution in [1.29, 1.82) is 0 Å². The average Bonchev–Trinajstić information content (AvgIpc) is 3.24. The largest absolute Gasteiger partial charge is 0.444 e. The van der Waals surface area contributed by atoms with Crippen molar-refractivity contribution in [2.24, 2.45) is 0 Å². The van der Waals surface area contributed by atoms with Gasteiger partial charge in [0.15, 0.2) is 0 Å². The average molecular weight is 515 g/mol. The first-order valence-electron chi connectivity index (χ1n) is 8.40. The van der Waals surface area contributed by atoms with Gasteiger partial charge in [0, 0.05) is 0 Å². The summed E-state index contributed by atoms with van der Waals surface area (Å²) in [6, 6.07) is -0.952. The molecular formula is C15H14Cl6N2O5. The fraction of sp³-hybridized carbons (Fsp3) is 0.733. The van der Waals surface area contributed by atoms with Crippen LogP contribution in [0.3, 0.4) is 0 Å². The molecule has 13 heteroatoms. The standard InChI is InChI=1S/C15H14Cl6N2O5/c16-14(17,18)4-26-12(24)22-8-6-2-1-3-7(6)9(11-10(8)28-11)23(22)13(25)27-5-15(19,20)21/h8-11H,1-5H2/t8-,9-,10-,11+/m0/s1. The van der Waals surface area contributed by atoms with Gasteiger partial charge in [0.2, 0.25) is 7.59 Å². The predicted octanol–water partition coefficient (Wildman–Crippen LogP) is 4.53. The first-order valence-corrected chi connectivity index (χ1v) is 10.7. The Morgan fingerprint density at radius 3 is 1.61 bits per heavy atom. The summed E-state index contributed by atoms with van der Waals surface area (Å²) in [6.45, 7) is -0.968. The second-order valence-electron chi connectivity index (χ2n) is 6.89. The van der Waals surface area contributed by atoms with Crippen LogP contribution in [0.4, 0.5) is 9.59 Å². The maximum absolute atomic E-state index is 12.8. The second kappa shape index (κ2) is 7.29. The summed E-state index contributed by atoms with van der Waals surface area (Å²) in [6.07, 6.45) is 0.450. The number of hydrazine groups is 1. The Kier molecular flexibility index (Phi) is 5.53. The van der Waals surface area contributed by atoms with E-state index in [1.807, 2.05) is 0 Å². The molecule has 2 amide bonds. The first kappa shape index (κ1) is 21.2. The highest BCUT2D eigenvalue weighted by Crippen LogP contribution is 2.54. The number of alkyl halides is 6. The first-order chi connectivity index (χ1) is 13.0. The molecule has 0 aromatic rings. The Bertz CT molecular complexity index is 677. The van der Waals surface area contributed by atoms with Crippen molar-refractivity contribution in [3.8, 4) is 0 Å². The van der Waals surface area contributed by atoms with Crippen molar-refractivity contribution in [2.45, 2.75) is 51.1 Å². The van der Waals surface area contributed by atoms with Crippen molar-refractivity contribution in [2.75, 3.05) is 13.2 Å². The van der Waals surface area contributed by atoms with Gasteiger partial charge >= 0.3 is 12.2 Å². The molecular weight excluding hydrogens is 501 g/mol. The van der Waals surface area contributed by atoms with E-state index in [9.17, 15) is 9.59 Å². The van der Waals surface area contributed by atoms with E-state index in [0.29, 0.717) is 0 Å². The van der Waals surface area contributed by atoms with Crippen molar-refractivity contribution in [3.63, 3.8) is 0 Å². The zero-order valence-electron chi connectivity index (χ0n) is 14.0. The summed E-state index contributed by atoms with van der Waals surface area (Å²) in [5, 5.41) is 2.36. The number of fused-ring (bicyclic) bond motifs is 1. The molecule has 2 saturated heterocycles. The molecule has 0 unspecified atom stereocenters. The highest BCUT2D eigenvalue weighted by Gasteiger charge is 2.68. The predicted molar refractivity (Wildman–Crippen MR) is 104 cm³/mol. The van der Waals surface area contributed by atoms with Gasteiger partial charge < -0.3 is 14.2 Å². The SMILES string of the molecule is O=C(OCC(Cl)(Cl)Cl)N1[C@H]2C3=C(CCC3)[C@@H]([C@H]3O[C@H]32)N1C(=O)OCC(Cl)(Cl)Cl. The highest BCUT2D eigenvalue weighted by atomic mass is 35.6. The van der Waals surface area contributed by atoms with Gasteiger partial charge in [-0.3, -0.25) is 0 Å². The molecule has 3 aliphatic heterocycles. The van der Waals surface area contributed by atoms with E-state index < -0.39 is 45.1 Å². The van der Waals surface area contributed by atoms with Gasteiger partial charge in [-0.2, -0.15) is 0 Å². The smallest absolute Gasteiger partial charge is 0.429 e. The van der Waals surface area contributed by atoms with Gasteiger partial charge in [-0.1, -0.05) is 69.6 Å². The van der Waals surface area contributed by atoms with Gasteiger partial charge in [0.1, 0.15) is 37.5 Å². The van der Waals surface area contributed by atoms with E-state index in [1.165, 1.54) is 10.0 Å². The summed E-state index contributed by atoms with van der Waals surface area (Å²) in [5.74, 6) is 0. The maximum Gasteiger partial charge on any atom is 0.429 e. The van der Waals surface area contributed by atoms with Crippen LogP contribution >= 0.6 is 69.6 Å². The maximum atomic E-state index is 12.8. The minimum Gasteiger partial charge on any atom is -0.444 e. The van der Waals surface area contributed by atoms with E-state index in [-0.39, 0.29) is 12.2 Å². The Labute approximate surface area is 190 Å². The number of ether oxygens (including phenoxy) is 3. The number of rotatable bonds is 2. The third-order valence-electron chi connectivity index (χ3n) is 5.05. The number of nitrogens with zero attached hydrogens (tertiary/aromatic N) is 2. The van der Waals surface area contributed by atoms with E-state index in [2.05, 4.69) is 0 Å². The van der Waals surface area contributed by atoms with E-state index in [1.54, 1.807) is 0 Å². The van der Waals surface area contributed by atoms with E-state index in [0.717, 1.165) is 30.4 Å². The molecule has 0 aromatic carbocycles. The molecule has 2 bridgehead atoms. The lowest BCUT2D eigenvalue weighted by molar-refractivity contribution is -0.0751. The quantitative estimate of drug-likeness (QED) is 0.307. The lowest BCUT2D eigenvalue weighted by atomic mass is 9.82. The van der Waals surface area contributed by atoms with Crippen LogP contribution in [0.2, 0.25) is 0 Å². The van der Waals surface area contributed by atoms with E-state index >= 15 is 0 Å². The molecule has 5 rings (SSSR count). The second-order valence-corrected chi connectivity index (χ2v) is 11.9. The van der Waals surface area contributed by atoms with Crippen LogP contribution in [-0.2, 0) is 14.2 Å². The topological polar surface area (TPSA) is 71.6 Å². The molecule has 28 heavy (non-hydrogen) atoms. The fourth-order valence-electron chi connectivity index (χ4n) is 4.17. The van der Waals surface area contributed by atoms with Crippen LogP contribution in [0.25, 0.3) is 0 Å². The fourth-order valence-corrected chi connectivity index (χ4v) is 4.50. The molecule has 2 aliphatic carbocycles. The molecule has 2 fully saturated rings. The minimum atomic E-state index is -1.79. The number of hydrogen-bond donors (Lipinski definition) is 0. The number of hydrogen-bond acceptors (Lipinski definition) is 5. The third kappa shape index (κ3) is 3.96. The number of halogens is 6. The monoisotopic (exact) mass is 512 g/mol. The minimum absolute atomic E-state index is 0.209. The molecule has 7 nitrogen and oxygen atoms in total. The van der Waals surface area contributed by atoms with E-state index in [4.69, 9.17) is 83.8 Å². The van der Waals surface area contributed by atoms with Crippen LogP contribution in [0, 0.1) is 0 Å². The molecule has 0 N–H and O–H groups in total. The molecule has 0 spiro atoms. The third-order valence-corrected chi connectivity index (χ3v) is 5.71. The zero-order valence-corrected chi connectivity index (χ0v) is 18.6. The molecule has 4 atom stereocenters. The molecule has 5 aliphatic rings. The number of epoxide rings is 1. The lowest BCUT2D eigenvalue weighted by Crippen LogP contribution is -2.69. The molecule has 3 heterocycles. The highest BCUT2D eigenvalue weighted by molar-refractivity contribution is 6.68. The Morgan fingerprint density at radius 2 is 1.25 bits per heavy atom. The zero-order chi connectivity index (χ0) is 20.4. The van der Waals surface area contributed by atoms with Crippen molar-refractivity contribution >= 4 is 81.8 Å². The Hall–Kier alpha value is -0.0200. The molecule has 0 saturated carbocycles.